The molecule has 0 N–H and O–H groups in total. The van der Waals surface area contributed by atoms with Crippen LogP contribution in [0.1, 0.15) is 89.8 Å². The van der Waals surface area contributed by atoms with Gasteiger partial charge in [-0.05, 0) is 66.7 Å². The summed E-state index contributed by atoms with van der Waals surface area (Å²) in [4.78, 5) is 11.6. The van der Waals surface area contributed by atoms with Gasteiger partial charge in [-0.2, -0.15) is 0 Å². The topological polar surface area (TPSA) is 26.3 Å². The van der Waals surface area contributed by atoms with Crippen LogP contribution in [-0.4, -0.2) is 12.6 Å². The molecule has 0 aliphatic heterocycles. The largest absolute Gasteiger partial charge is 0.463 e. The van der Waals surface area contributed by atoms with Crippen molar-refractivity contribution in [3.63, 3.8) is 0 Å². The molecule has 2 rings (SSSR count). The summed E-state index contributed by atoms with van der Waals surface area (Å²) in [5.74, 6) is 1.36. The summed E-state index contributed by atoms with van der Waals surface area (Å²) in [6.07, 6.45) is 8.26. The molecule has 2 heteroatoms. The van der Waals surface area contributed by atoms with Gasteiger partial charge in [0.2, 0.25) is 0 Å². The van der Waals surface area contributed by atoms with Crippen LogP contribution in [0.15, 0.2) is 42.0 Å². The van der Waals surface area contributed by atoms with E-state index in [2.05, 4.69) is 65.0 Å². The molecule has 1 aromatic carbocycles. The zero-order valence-corrected chi connectivity index (χ0v) is 18.1. The van der Waals surface area contributed by atoms with Crippen LogP contribution >= 0.6 is 0 Å². The van der Waals surface area contributed by atoms with Gasteiger partial charge < -0.3 is 4.74 Å². The van der Waals surface area contributed by atoms with Crippen LogP contribution in [0, 0.1) is 5.92 Å². The average molecular weight is 369 g/mol. The zero-order valence-electron chi connectivity index (χ0n) is 18.1. The lowest BCUT2D eigenvalue weighted by atomic mass is 9.84. The molecule has 0 spiro atoms. The van der Waals surface area contributed by atoms with Gasteiger partial charge in [-0.3, -0.25) is 0 Å². The van der Waals surface area contributed by atoms with Gasteiger partial charge in [0.05, 0.1) is 6.61 Å². The van der Waals surface area contributed by atoms with Crippen molar-refractivity contribution in [2.75, 3.05) is 6.61 Å². The second-order valence-corrected chi connectivity index (χ2v) is 8.52. The Morgan fingerprint density at radius 3 is 2.22 bits per heavy atom. The molecule has 27 heavy (non-hydrogen) atoms. The average Bonchev–Trinajstić information content (AvgIpc) is 3.34. The van der Waals surface area contributed by atoms with Crippen molar-refractivity contribution in [2.24, 2.45) is 5.92 Å². The number of allylic oxidation sites excluding steroid dienone is 3. The van der Waals surface area contributed by atoms with Gasteiger partial charge in [-0.25, -0.2) is 4.79 Å². The fraction of sp³-hybridized carbons (Fsp3) is 0.560. The number of carbonyl (C=O) groups is 1. The third-order valence-electron chi connectivity index (χ3n) is 5.87. The quantitative estimate of drug-likeness (QED) is 0.291. The maximum atomic E-state index is 11.6. The standard InChI is InChI=1S/C25H36O2/c1-8-25(16-22(25)11-10-19(7)12-24(26)27-9-2)23-14-20(17(3)4)13-21(15-23)18(5)6/h10-15,17-18,22H,8-9,16H2,1-7H3/b11-10+,19-12+/t22-,25+/m1/s1. The van der Waals surface area contributed by atoms with Crippen molar-refractivity contribution in [3.8, 4) is 0 Å². The van der Waals surface area contributed by atoms with Crippen molar-refractivity contribution in [2.45, 2.75) is 78.6 Å². The van der Waals surface area contributed by atoms with Gasteiger partial charge in [-0.1, -0.05) is 65.0 Å². The number of carbonyl (C=O) groups excluding carboxylic acids is 1. The molecule has 0 saturated heterocycles. The molecule has 1 aliphatic rings. The van der Waals surface area contributed by atoms with Crippen LogP contribution in [0.3, 0.4) is 0 Å². The summed E-state index contributed by atoms with van der Waals surface area (Å²) in [5, 5.41) is 0. The van der Waals surface area contributed by atoms with Gasteiger partial charge in [0.25, 0.3) is 0 Å². The SMILES string of the molecule is CCOC(=O)/C=C(C)/C=C/[C@@H]1C[C@]1(CC)c1cc(C(C)C)cc(C(C)C)c1. The first kappa shape index (κ1) is 21.5. The number of rotatable bonds is 8. The maximum absolute atomic E-state index is 11.6. The highest BCUT2D eigenvalue weighted by Gasteiger charge is 2.52. The number of hydrogen-bond acceptors (Lipinski definition) is 2. The van der Waals surface area contributed by atoms with Crippen molar-refractivity contribution >= 4 is 5.97 Å². The van der Waals surface area contributed by atoms with Crippen molar-refractivity contribution in [1.29, 1.82) is 0 Å². The van der Waals surface area contributed by atoms with Crippen LogP contribution in [0.25, 0.3) is 0 Å². The number of hydrogen-bond donors (Lipinski definition) is 0. The summed E-state index contributed by atoms with van der Waals surface area (Å²) in [5.41, 5.74) is 5.56. The second-order valence-electron chi connectivity index (χ2n) is 8.52. The van der Waals surface area contributed by atoms with Crippen molar-refractivity contribution in [3.05, 3.63) is 58.7 Å². The first-order chi connectivity index (χ1) is 12.7. The maximum Gasteiger partial charge on any atom is 0.330 e. The number of esters is 1. The highest BCUT2D eigenvalue weighted by Crippen LogP contribution is 2.58. The van der Waals surface area contributed by atoms with E-state index in [1.54, 1.807) is 6.08 Å². The molecule has 0 radical (unpaired) electrons. The predicted octanol–water partition coefficient (Wildman–Crippen LogP) is 6.67. The lowest BCUT2D eigenvalue weighted by molar-refractivity contribution is -0.137. The summed E-state index contributed by atoms with van der Waals surface area (Å²) < 4.78 is 4.99. The van der Waals surface area contributed by atoms with E-state index >= 15 is 0 Å². The van der Waals surface area contributed by atoms with E-state index < -0.39 is 0 Å². The number of ether oxygens (including phenoxy) is 1. The first-order valence-electron chi connectivity index (χ1n) is 10.4. The lowest BCUT2D eigenvalue weighted by Gasteiger charge is -2.20. The molecular weight excluding hydrogens is 332 g/mol. The van der Waals surface area contributed by atoms with Gasteiger partial charge in [0.15, 0.2) is 0 Å². The minimum Gasteiger partial charge on any atom is -0.463 e. The van der Waals surface area contributed by atoms with Crippen LogP contribution in [0.4, 0.5) is 0 Å². The molecule has 0 heterocycles. The Labute approximate surface area is 165 Å². The Kier molecular flexibility index (Phi) is 7.08. The zero-order chi connectivity index (χ0) is 20.2. The summed E-state index contributed by atoms with van der Waals surface area (Å²) in [7, 11) is 0. The number of benzene rings is 1. The fourth-order valence-corrected chi connectivity index (χ4v) is 3.84. The minimum atomic E-state index is -0.261. The monoisotopic (exact) mass is 368 g/mol. The summed E-state index contributed by atoms with van der Waals surface area (Å²) in [6, 6.07) is 7.23. The van der Waals surface area contributed by atoms with Crippen LogP contribution in [0.2, 0.25) is 0 Å². The highest BCUT2D eigenvalue weighted by molar-refractivity contribution is 5.83. The fourth-order valence-electron chi connectivity index (χ4n) is 3.84. The second kappa shape index (κ2) is 8.91. The van der Waals surface area contributed by atoms with E-state index in [4.69, 9.17) is 4.74 Å². The Balaban J connectivity index is 2.25. The molecule has 1 fully saturated rings. The van der Waals surface area contributed by atoms with Gasteiger partial charge in [-0.15, -0.1) is 0 Å². The molecule has 2 nitrogen and oxygen atoms in total. The van der Waals surface area contributed by atoms with Crippen molar-refractivity contribution < 1.29 is 9.53 Å². The van der Waals surface area contributed by atoms with Crippen LogP contribution in [-0.2, 0) is 14.9 Å². The Morgan fingerprint density at radius 1 is 1.15 bits per heavy atom. The minimum absolute atomic E-state index is 0.245. The molecule has 0 unspecified atom stereocenters. The van der Waals surface area contributed by atoms with Gasteiger partial charge in [0, 0.05) is 11.5 Å². The highest BCUT2D eigenvalue weighted by atomic mass is 16.5. The Hall–Kier alpha value is -1.83. The smallest absolute Gasteiger partial charge is 0.330 e. The molecule has 1 aliphatic carbocycles. The van der Waals surface area contributed by atoms with E-state index in [0.29, 0.717) is 24.4 Å². The Bertz CT molecular complexity index is 698. The molecule has 148 valence electrons. The van der Waals surface area contributed by atoms with Crippen LogP contribution < -0.4 is 0 Å². The van der Waals surface area contributed by atoms with Gasteiger partial charge >= 0.3 is 5.97 Å². The van der Waals surface area contributed by atoms with Crippen LogP contribution in [0.5, 0.6) is 0 Å². The molecule has 0 amide bonds. The lowest BCUT2D eigenvalue weighted by Crippen LogP contribution is -2.10. The molecule has 1 saturated carbocycles. The summed E-state index contributed by atoms with van der Waals surface area (Å²) in [6.45, 7) is 15.6. The Morgan fingerprint density at radius 2 is 1.74 bits per heavy atom. The molecular formula is C25H36O2. The molecule has 0 aromatic heterocycles. The molecule has 2 atom stereocenters. The van der Waals surface area contributed by atoms with Crippen molar-refractivity contribution in [1.82, 2.24) is 0 Å². The van der Waals surface area contributed by atoms with E-state index in [1.165, 1.54) is 23.1 Å². The van der Waals surface area contributed by atoms with E-state index in [-0.39, 0.29) is 11.4 Å². The van der Waals surface area contributed by atoms with E-state index in [9.17, 15) is 4.79 Å². The van der Waals surface area contributed by atoms with Gasteiger partial charge in [0.1, 0.15) is 0 Å². The first-order valence-corrected chi connectivity index (χ1v) is 10.4. The normalized spacial score (nSPS) is 22.7. The third-order valence-corrected chi connectivity index (χ3v) is 5.87. The van der Waals surface area contributed by atoms with E-state index in [0.717, 1.165) is 12.0 Å². The van der Waals surface area contributed by atoms with E-state index in [1.807, 2.05) is 13.8 Å². The molecule has 1 aromatic rings. The molecule has 0 bridgehead atoms. The predicted molar refractivity (Wildman–Crippen MR) is 114 cm³/mol. The third kappa shape index (κ3) is 5.12. The summed E-state index contributed by atoms with van der Waals surface area (Å²) >= 11 is 0.